The van der Waals surface area contributed by atoms with Crippen molar-refractivity contribution >= 4 is 29.7 Å². The fourth-order valence-corrected chi connectivity index (χ4v) is 3.69. The summed E-state index contributed by atoms with van der Waals surface area (Å²) in [5.41, 5.74) is 5.35. The summed E-state index contributed by atoms with van der Waals surface area (Å²) in [5, 5.41) is 1.96. The van der Waals surface area contributed by atoms with Crippen LogP contribution < -0.4 is 11.1 Å². The average molecular weight is 380 g/mol. The number of rotatable bonds is 7. The first-order valence-electron chi connectivity index (χ1n) is 8.53. The monoisotopic (exact) mass is 380 g/mol. The second-order valence-electron chi connectivity index (χ2n) is 6.37. The van der Waals surface area contributed by atoms with Gasteiger partial charge in [0.25, 0.3) is 5.91 Å². The molecule has 1 aromatic carbocycles. The molecule has 0 aromatic heterocycles. The molecule has 2 rings (SSSR count). The molecule has 1 aliphatic heterocycles. The van der Waals surface area contributed by atoms with E-state index in [2.05, 4.69) is 0 Å². The number of esters is 1. The van der Waals surface area contributed by atoms with Gasteiger partial charge in [-0.2, -0.15) is 0 Å². The van der Waals surface area contributed by atoms with Gasteiger partial charge in [-0.1, -0.05) is 26.0 Å². The van der Waals surface area contributed by atoms with Crippen molar-refractivity contribution < 1.29 is 23.9 Å². The summed E-state index contributed by atoms with van der Waals surface area (Å²) < 4.78 is 11.0. The fourth-order valence-electron chi connectivity index (χ4n) is 2.58. The Balaban J connectivity index is 2.07. The van der Waals surface area contributed by atoms with Crippen LogP contribution in [0.2, 0.25) is 0 Å². The number of carbonyl (C=O) groups is 3. The average Bonchev–Trinajstić information content (AvgIpc) is 3.10. The van der Waals surface area contributed by atoms with E-state index in [-0.39, 0.29) is 12.0 Å². The van der Waals surface area contributed by atoms with Crippen LogP contribution in [0.3, 0.4) is 0 Å². The van der Waals surface area contributed by atoms with Crippen molar-refractivity contribution in [3.8, 4) is 0 Å². The second kappa shape index (κ2) is 9.59. The van der Waals surface area contributed by atoms with Gasteiger partial charge in [0.1, 0.15) is 0 Å². The lowest BCUT2D eigenvalue weighted by molar-refractivity contribution is -0.130. The number of benzene rings is 1. The molecule has 1 fully saturated rings. The van der Waals surface area contributed by atoms with Crippen LogP contribution in [0.15, 0.2) is 29.2 Å². The molecule has 0 aliphatic carbocycles. The lowest BCUT2D eigenvalue weighted by Gasteiger charge is -2.20. The first-order chi connectivity index (χ1) is 12.4. The zero-order valence-electron chi connectivity index (χ0n) is 14.9. The first-order valence-corrected chi connectivity index (χ1v) is 9.51. The Bertz CT molecular complexity index is 659. The molecule has 142 valence electrons. The highest BCUT2D eigenvalue weighted by Crippen LogP contribution is 2.27. The molecular weight excluding hydrogens is 356 g/mol. The van der Waals surface area contributed by atoms with Gasteiger partial charge in [-0.3, -0.25) is 10.1 Å². The molecule has 1 aliphatic rings. The molecule has 0 bridgehead atoms. The zero-order valence-corrected chi connectivity index (χ0v) is 15.7. The first kappa shape index (κ1) is 20.3. The van der Waals surface area contributed by atoms with Crippen LogP contribution in [-0.4, -0.2) is 42.5 Å². The molecule has 7 nitrogen and oxygen atoms in total. The van der Waals surface area contributed by atoms with Crippen molar-refractivity contribution in [1.82, 2.24) is 5.32 Å². The van der Waals surface area contributed by atoms with Crippen molar-refractivity contribution in [2.75, 3.05) is 12.4 Å². The highest BCUT2D eigenvalue weighted by atomic mass is 32.2. The van der Waals surface area contributed by atoms with E-state index in [0.29, 0.717) is 5.56 Å². The third-order valence-corrected chi connectivity index (χ3v) is 5.11. The predicted octanol–water partition coefficient (Wildman–Crippen LogP) is 2.33. The Hall–Kier alpha value is -2.06. The number of carbonyl (C=O) groups excluding carboxylic acids is 3. The molecule has 3 N–H and O–H groups in total. The van der Waals surface area contributed by atoms with Crippen molar-refractivity contribution in [3.63, 3.8) is 0 Å². The summed E-state index contributed by atoms with van der Waals surface area (Å²) in [6.45, 7) is 4.22. The molecule has 2 atom stereocenters. The minimum atomic E-state index is -1.11. The van der Waals surface area contributed by atoms with Crippen molar-refractivity contribution in [1.29, 1.82) is 0 Å². The molecule has 0 saturated carbocycles. The maximum Gasteiger partial charge on any atom is 0.340 e. The molecule has 1 heterocycles. The standard InChI is InChI=1S/C18H24N2O5S/c1-11(2)15(16(21)20-18(19)23)25-17(22)13-7-3-4-8-14(13)26-10-12-6-5-9-24-12/h3-4,7-8,11-12,15H,5-6,9-10H2,1-2H3,(H3,19,20,21,23)/t12-,15-/m0/s1. The topological polar surface area (TPSA) is 108 Å². The molecule has 0 radical (unpaired) electrons. The van der Waals surface area contributed by atoms with Gasteiger partial charge in [-0.15, -0.1) is 11.8 Å². The van der Waals surface area contributed by atoms with Gasteiger partial charge < -0.3 is 15.2 Å². The van der Waals surface area contributed by atoms with E-state index < -0.39 is 24.0 Å². The van der Waals surface area contributed by atoms with Gasteiger partial charge >= 0.3 is 12.0 Å². The Morgan fingerprint density at radius 3 is 2.69 bits per heavy atom. The zero-order chi connectivity index (χ0) is 19.1. The van der Waals surface area contributed by atoms with Crippen LogP contribution in [0.25, 0.3) is 0 Å². The maximum atomic E-state index is 12.6. The number of ether oxygens (including phenoxy) is 2. The van der Waals surface area contributed by atoms with Gasteiger partial charge in [0.2, 0.25) is 0 Å². The third kappa shape index (κ3) is 5.74. The minimum absolute atomic E-state index is 0.189. The summed E-state index contributed by atoms with van der Waals surface area (Å²) in [7, 11) is 0. The van der Waals surface area contributed by atoms with E-state index in [9.17, 15) is 14.4 Å². The second-order valence-corrected chi connectivity index (χ2v) is 7.43. The fraction of sp³-hybridized carbons (Fsp3) is 0.500. The summed E-state index contributed by atoms with van der Waals surface area (Å²) in [6.07, 6.45) is 1.16. The van der Waals surface area contributed by atoms with Gasteiger partial charge in [0.15, 0.2) is 6.10 Å². The number of urea groups is 1. The van der Waals surface area contributed by atoms with Crippen LogP contribution in [0.1, 0.15) is 37.0 Å². The van der Waals surface area contributed by atoms with E-state index >= 15 is 0 Å². The molecule has 0 unspecified atom stereocenters. The lowest BCUT2D eigenvalue weighted by Crippen LogP contribution is -2.45. The molecule has 1 saturated heterocycles. The van der Waals surface area contributed by atoms with E-state index in [1.807, 2.05) is 17.4 Å². The van der Waals surface area contributed by atoms with Gasteiger partial charge in [-0.05, 0) is 30.9 Å². The normalized spacial score (nSPS) is 17.7. The van der Waals surface area contributed by atoms with E-state index in [1.54, 1.807) is 26.0 Å². The number of imide groups is 1. The Morgan fingerprint density at radius 1 is 1.35 bits per heavy atom. The number of nitrogens with two attached hydrogens (primary N) is 1. The van der Waals surface area contributed by atoms with Gasteiger partial charge in [0, 0.05) is 17.3 Å². The van der Waals surface area contributed by atoms with Crippen molar-refractivity contribution in [3.05, 3.63) is 29.8 Å². The minimum Gasteiger partial charge on any atom is -0.448 e. The molecule has 3 amide bonds. The van der Waals surface area contributed by atoms with Gasteiger partial charge in [-0.25, -0.2) is 9.59 Å². The maximum absolute atomic E-state index is 12.6. The molecular formula is C18H24N2O5S. The largest absolute Gasteiger partial charge is 0.448 e. The Kier molecular flexibility index (Phi) is 7.47. The van der Waals surface area contributed by atoms with E-state index in [4.69, 9.17) is 15.2 Å². The number of primary amides is 1. The number of amides is 3. The number of hydrogen-bond donors (Lipinski definition) is 2. The Labute approximate surface area is 157 Å². The van der Waals surface area contributed by atoms with Crippen LogP contribution in [0.5, 0.6) is 0 Å². The number of nitrogens with one attached hydrogen (secondary N) is 1. The van der Waals surface area contributed by atoms with Crippen molar-refractivity contribution in [2.24, 2.45) is 11.7 Å². The van der Waals surface area contributed by atoms with E-state index in [1.165, 1.54) is 11.8 Å². The summed E-state index contributed by atoms with van der Waals surface area (Å²) in [4.78, 5) is 36.3. The SMILES string of the molecule is CC(C)[C@H](OC(=O)c1ccccc1SC[C@@H]1CCCO1)C(=O)NC(N)=O. The molecule has 1 aromatic rings. The van der Waals surface area contributed by atoms with Crippen LogP contribution in [0, 0.1) is 5.92 Å². The molecule has 8 heteroatoms. The summed E-state index contributed by atoms with van der Waals surface area (Å²) >= 11 is 1.53. The molecule has 0 spiro atoms. The molecule has 26 heavy (non-hydrogen) atoms. The quantitative estimate of drug-likeness (QED) is 0.555. The smallest absolute Gasteiger partial charge is 0.340 e. The summed E-state index contributed by atoms with van der Waals surface area (Å²) in [6, 6.07) is 6.09. The van der Waals surface area contributed by atoms with Crippen molar-refractivity contribution in [2.45, 2.75) is 43.8 Å². The third-order valence-electron chi connectivity index (χ3n) is 3.90. The van der Waals surface area contributed by atoms with Crippen LogP contribution >= 0.6 is 11.8 Å². The number of thioether (sulfide) groups is 1. The Morgan fingerprint density at radius 2 is 2.08 bits per heavy atom. The summed E-state index contributed by atoms with van der Waals surface area (Å²) in [5.74, 6) is -0.908. The van der Waals surface area contributed by atoms with Crippen LogP contribution in [-0.2, 0) is 14.3 Å². The predicted molar refractivity (Wildman–Crippen MR) is 97.9 cm³/mol. The van der Waals surface area contributed by atoms with E-state index in [0.717, 1.165) is 30.1 Å². The van der Waals surface area contributed by atoms with Crippen LogP contribution in [0.4, 0.5) is 4.79 Å². The lowest BCUT2D eigenvalue weighted by atomic mass is 10.1. The highest BCUT2D eigenvalue weighted by molar-refractivity contribution is 7.99. The van der Waals surface area contributed by atoms with Gasteiger partial charge in [0.05, 0.1) is 11.7 Å². The number of hydrogen-bond acceptors (Lipinski definition) is 6. The highest BCUT2D eigenvalue weighted by Gasteiger charge is 2.29.